The smallest absolute Gasteiger partial charge is 0.257 e. The third-order valence-electron chi connectivity index (χ3n) is 5.86. The summed E-state index contributed by atoms with van der Waals surface area (Å²) in [5, 5.41) is 2.81. The summed E-state index contributed by atoms with van der Waals surface area (Å²) < 4.78 is 10.7. The molecule has 0 radical (unpaired) electrons. The Bertz CT molecular complexity index is 1090. The molecule has 1 aliphatic carbocycles. The second-order valence-electron chi connectivity index (χ2n) is 7.73. The number of fused-ring (bicyclic) bond motifs is 1. The SMILES string of the molecule is COc1cccc(NC(=O)c2ccccc2N2C(=O)[C@H]3CC=C(C)C[C@H]3C2=O)c1OC. The average molecular weight is 420 g/mol. The zero-order chi connectivity index (χ0) is 22.1. The molecule has 1 heterocycles. The van der Waals surface area contributed by atoms with Crippen LogP contribution in [0.5, 0.6) is 11.5 Å². The van der Waals surface area contributed by atoms with E-state index in [0.717, 1.165) is 5.57 Å². The molecule has 7 nitrogen and oxygen atoms in total. The predicted octanol–water partition coefficient (Wildman–Crippen LogP) is 3.80. The highest BCUT2D eigenvalue weighted by Gasteiger charge is 2.49. The number of allylic oxidation sites excluding steroid dienone is 2. The number of rotatable bonds is 5. The molecule has 1 aliphatic heterocycles. The van der Waals surface area contributed by atoms with Crippen molar-refractivity contribution in [1.29, 1.82) is 0 Å². The molecule has 3 amide bonds. The number of carbonyl (C=O) groups is 3. The molecular formula is C24H24N2O5. The van der Waals surface area contributed by atoms with Gasteiger partial charge in [-0.25, -0.2) is 4.90 Å². The standard InChI is InChI=1S/C24H24N2O5/c1-14-11-12-15-17(13-14)24(29)26(23(15)28)19-9-5-4-7-16(19)22(27)25-18-8-6-10-20(30-2)21(18)31-3/h4-11,15,17H,12-13H2,1-3H3,(H,25,27)/t15-,17+/m0/s1. The molecule has 7 heteroatoms. The predicted molar refractivity (Wildman–Crippen MR) is 116 cm³/mol. The molecule has 2 aromatic rings. The highest BCUT2D eigenvalue weighted by atomic mass is 16.5. The first-order valence-electron chi connectivity index (χ1n) is 10.1. The van der Waals surface area contributed by atoms with Crippen LogP contribution in [0.2, 0.25) is 0 Å². The number of imide groups is 1. The Labute approximate surface area is 180 Å². The second-order valence-corrected chi connectivity index (χ2v) is 7.73. The lowest BCUT2D eigenvalue weighted by molar-refractivity contribution is -0.122. The summed E-state index contributed by atoms with van der Waals surface area (Å²) in [4.78, 5) is 40.6. The zero-order valence-electron chi connectivity index (χ0n) is 17.7. The van der Waals surface area contributed by atoms with Crippen LogP contribution >= 0.6 is 0 Å². The zero-order valence-corrected chi connectivity index (χ0v) is 17.7. The van der Waals surface area contributed by atoms with Gasteiger partial charge in [0.05, 0.1) is 43.0 Å². The minimum atomic E-state index is -0.452. The summed E-state index contributed by atoms with van der Waals surface area (Å²) in [5.41, 5.74) is 2.07. The number of benzene rings is 2. The van der Waals surface area contributed by atoms with E-state index < -0.39 is 5.91 Å². The third kappa shape index (κ3) is 3.56. The van der Waals surface area contributed by atoms with Crippen LogP contribution in [0.1, 0.15) is 30.1 Å². The van der Waals surface area contributed by atoms with E-state index in [0.29, 0.717) is 35.7 Å². The number of carbonyl (C=O) groups excluding carboxylic acids is 3. The van der Waals surface area contributed by atoms with Crippen LogP contribution in [0.25, 0.3) is 0 Å². The Balaban J connectivity index is 1.67. The number of methoxy groups -OCH3 is 2. The molecule has 0 saturated carbocycles. The number of anilines is 2. The molecule has 2 aromatic carbocycles. The van der Waals surface area contributed by atoms with Gasteiger partial charge in [-0.1, -0.05) is 29.8 Å². The van der Waals surface area contributed by atoms with Crippen molar-refractivity contribution in [1.82, 2.24) is 0 Å². The fraction of sp³-hybridized carbons (Fsp3) is 0.292. The van der Waals surface area contributed by atoms with Gasteiger partial charge in [0.25, 0.3) is 5.91 Å². The Hall–Kier alpha value is -3.61. The lowest BCUT2D eigenvalue weighted by Gasteiger charge is -2.19. The minimum absolute atomic E-state index is 0.234. The highest BCUT2D eigenvalue weighted by Crippen LogP contribution is 2.41. The normalized spacial score (nSPS) is 20.2. The lowest BCUT2D eigenvalue weighted by Crippen LogP contribution is -2.33. The molecular weight excluding hydrogens is 396 g/mol. The lowest BCUT2D eigenvalue weighted by atomic mass is 9.82. The van der Waals surface area contributed by atoms with Crippen LogP contribution in [0, 0.1) is 11.8 Å². The summed E-state index contributed by atoms with van der Waals surface area (Å²) in [6, 6.07) is 11.8. The van der Waals surface area contributed by atoms with Crippen LogP contribution in [-0.2, 0) is 9.59 Å². The quantitative estimate of drug-likeness (QED) is 0.587. The molecule has 1 saturated heterocycles. The van der Waals surface area contributed by atoms with Gasteiger partial charge < -0.3 is 14.8 Å². The fourth-order valence-electron chi connectivity index (χ4n) is 4.31. The van der Waals surface area contributed by atoms with E-state index in [1.54, 1.807) is 42.5 Å². The Morgan fingerprint density at radius 3 is 2.48 bits per heavy atom. The maximum absolute atomic E-state index is 13.2. The highest BCUT2D eigenvalue weighted by molar-refractivity contribution is 6.25. The van der Waals surface area contributed by atoms with E-state index in [4.69, 9.17) is 9.47 Å². The first-order chi connectivity index (χ1) is 15.0. The number of nitrogens with one attached hydrogen (secondary N) is 1. The van der Waals surface area contributed by atoms with Gasteiger partial charge in [-0.3, -0.25) is 14.4 Å². The summed E-state index contributed by atoms with van der Waals surface area (Å²) in [5.74, 6) is -0.827. The monoisotopic (exact) mass is 420 g/mol. The molecule has 2 aliphatic rings. The molecule has 160 valence electrons. The van der Waals surface area contributed by atoms with E-state index in [9.17, 15) is 14.4 Å². The molecule has 0 aromatic heterocycles. The minimum Gasteiger partial charge on any atom is -0.493 e. The van der Waals surface area contributed by atoms with E-state index >= 15 is 0 Å². The van der Waals surface area contributed by atoms with E-state index in [1.807, 2.05) is 13.0 Å². The maximum atomic E-state index is 13.2. The number of para-hydroxylation sites is 2. The van der Waals surface area contributed by atoms with Gasteiger partial charge in [0.2, 0.25) is 11.8 Å². The Morgan fingerprint density at radius 1 is 1.00 bits per heavy atom. The van der Waals surface area contributed by atoms with Crippen LogP contribution < -0.4 is 19.7 Å². The van der Waals surface area contributed by atoms with Crippen molar-refractivity contribution in [3.8, 4) is 11.5 Å². The van der Waals surface area contributed by atoms with E-state index in [-0.39, 0.29) is 29.2 Å². The molecule has 0 spiro atoms. The number of hydrogen-bond donors (Lipinski definition) is 1. The number of hydrogen-bond acceptors (Lipinski definition) is 5. The topological polar surface area (TPSA) is 84.9 Å². The van der Waals surface area contributed by atoms with Gasteiger partial charge in [0, 0.05) is 0 Å². The summed E-state index contributed by atoms with van der Waals surface area (Å²) >= 11 is 0. The van der Waals surface area contributed by atoms with Gasteiger partial charge in [0.15, 0.2) is 11.5 Å². The molecule has 31 heavy (non-hydrogen) atoms. The number of nitrogens with zero attached hydrogens (tertiary/aromatic N) is 1. The van der Waals surface area contributed by atoms with Gasteiger partial charge >= 0.3 is 0 Å². The third-order valence-corrected chi connectivity index (χ3v) is 5.86. The van der Waals surface area contributed by atoms with E-state index in [2.05, 4.69) is 5.32 Å². The van der Waals surface area contributed by atoms with Gasteiger partial charge in [-0.05, 0) is 44.0 Å². The maximum Gasteiger partial charge on any atom is 0.257 e. The fourth-order valence-corrected chi connectivity index (χ4v) is 4.31. The van der Waals surface area contributed by atoms with Crippen molar-refractivity contribution >= 4 is 29.1 Å². The first-order valence-corrected chi connectivity index (χ1v) is 10.1. The van der Waals surface area contributed by atoms with E-state index in [1.165, 1.54) is 19.1 Å². The molecule has 2 atom stereocenters. The van der Waals surface area contributed by atoms with Crippen molar-refractivity contribution in [3.63, 3.8) is 0 Å². The number of ether oxygens (including phenoxy) is 2. The van der Waals surface area contributed by atoms with Crippen molar-refractivity contribution in [2.75, 3.05) is 24.4 Å². The van der Waals surface area contributed by atoms with Gasteiger partial charge in [0.1, 0.15) is 0 Å². The Morgan fingerprint density at radius 2 is 1.74 bits per heavy atom. The molecule has 0 unspecified atom stereocenters. The largest absolute Gasteiger partial charge is 0.493 e. The van der Waals surface area contributed by atoms with Gasteiger partial charge in [-0.15, -0.1) is 0 Å². The van der Waals surface area contributed by atoms with Crippen molar-refractivity contribution in [3.05, 3.63) is 59.7 Å². The molecule has 4 rings (SSSR count). The molecule has 1 fully saturated rings. The average Bonchev–Trinajstić information content (AvgIpc) is 3.02. The van der Waals surface area contributed by atoms with Crippen molar-refractivity contribution in [2.45, 2.75) is 19.8 Å². The summed E-state index contributed by atoms with van der Waals surface area (Å²) in [6.07, 6.45) is 3.14. The van der Waals surface area contributed by atoms with Gasteiger partial charge in [-0.2, -0.15) is 0 Å². The van der Waals surface area contributed by atoms with Crippen molar-refractivity contribution < 1.29 is 23.9 Å². The molecule has 0 bridgehead atoms. The number of amides is 3. The summed E-state index contributed by atoms with van der Waals surface area (Å²) in [7, 11) is 3.00. The van der Waals surface area contributed by atoms with Crippen LogP contribution in [0.15, 0.2) is 54.1 Å². The summed E-state index contributed by atoms with van der Waals surface area (Å²) in [6.45, 7) is 1.97. The van der Waals surface area contributed by atoms with Crippen LogP contribution in [0.4, 0.5) is 11.4 Å². The second kappa shape index (κ2) is 8.26. The van der Waals surface area contributed by atoms with Crippen molar-refractivity contribution in [2.24, 2.45) is 11.8 Å². The first kappa shape index (κ1) is 20.7. The Kier molecular flexibility index (Phi) is 5.50. The molecule has 1 N–H and O–H groups in total. The van der Waals surface area contributed by atoms with Crippen LogP contribution in [-0.4, -0.2) is 31.9 Å². The van der Waals surface area contributed by atoms with Crippen LogP contribution in [0.3, 0.4) is 0 Å².